The topological polar surface area (TPSA) is 63.9 Å². The van der Waals surface area contributed by atoms with Gasteiger partial charge in [-0.2, -0.15) is 5.10 Å². The predicted molar refractivity (Wildman–Crippen MR) is 111 cm³/mol. The molecule has 1 saturated heterocycles. The monoisotopic (exact) mass is 387 g/mol. The smallest absolute Gasteiger partial charge is 0.276 e. The lowest BCUT2D eigenvalue weighted by Gasteiger charge is -2.22. The Kier molecular flexibility index (Phi) is 6.19. The molecule has 0 radical (unpaired) electrons. The lowest BCUT2D eigenvalue weighted by molar-refractivity contribution is 0.102. The van der Waals surface area contributed by atoms with Crippen LogP contribution >= 0.6 is 12.4 Å². The normalized spacial score (nSPS) is 16.9. The summed E-state index contributed by atoms with van der Waals surface area (Å²) in [6, 6.07) is 10.3. The van der Waals surface area contributed by atoms with Gasteiger partial charge in [0.1, 0.15) is 0 Å². The van der Waals surface area contributed by atoms with Crippen LogP contribution in [0.4, 0.5) is 5.69 Å². The minimum absolute atomic E-state index is 0. The van der Waals surface area contributed by atoms with E-state index in [4.69, 9.17) is 0 Å². The van der Waals surface area contributed by atoms with E-state index in [0.29, 0.717) is 11.7 Å². The number of piperidine rings is 1. The van der Waals surface area contributed by atoms with E-state index in [0.717, 1.165) is 50.1 Å². The molecule has 144 valence electrons. The van der Waals surface area contributed by atoms with E-state index in [1.165, 1.54) is 5.39 Å². The van der Waals surface area contributed by atoms with Gasteiger partial charge in [0, 0.05) is 31.2 Å². The molecule has 2 N–H and O–H groups in total. The summed E-state index contributed by atoms with van der Waals surface area (Å²) < 4.78 is 4.13. The molecule has 1 aliphatic rings. The van der Waals surface area contributed by atoms with Gasteiger partial charge in [-0.05, 0) is 55.5 Å². The number of carbonyl (C=O) groups is 1. The fourth-order valence-electron chi connectivity index (χ4n) is 3.61. The van der Waals surface area contributed by atoms with Gasteiger partial charge in [-0.25, -0.2) is 0 Å². The number of halogens is 1. The third-order valence-corrected chi connectivity index (χ3v) is 4.98. The Bertz CT molecular complexity index is 910. The van der Waals surface area contributed by atoms with Crippen molar-refractivity contribution in [2.75, 3.05) is 18.4 Å². The Hall–Kier alpha value is -2.31. The van der Waals surface area contributed by atoms with Crippen LogP contribution in [0.2, 0.25) is 0 Å². The first-order chi connectivity index (χ1) is 12.7. The fraction of sp³-hybridized carbons (Fsp3) is 0.400. The lowest BCUT2D eigenvalue weighted by atomic mass is 10.1. The minimum Gasteiger partial charge on any atom is -0.347 e. The molecule has 1 atom stereocenters. The second-order valence-electron chi connectivity index (χ2n) is 6.92. The van der Waals surface area contributed by atoms with E-state index in [1.54, 1.807) is 6.07 Å². The number of nitrogens with one attached hydrogen (secondary N) is 2. The maximum Gasteiger partial charge on any atom is 0.276 e. The van der Waals surface area contributed by atoms with Crippen LogP contribution in [0.15, 0.2) is 42.7 Å². The summed E-state index contributed by atoms with van der Waals surface area (Å²) >= 11 is 0. The first kappa shape index (κ1) is 19.5. The van der Waals surface area contributed by atoms with Crippen LogP contribution in [0.5, 0.6) is 0 Å². The number of amides is 1. The van der Waals surface area contributed by atoms with Crippen molar-refractivity contribution in [2.24, 2.45) is 0 Å². The standard InChI is InChI=1S/C20H25N5O.ClH/c1-2-10-24-11-7-15-5-6-16(13-19(15)24)22-20(26)18-8-12-25(23-18)17-4-3-9-21-14-17;/h5-8,11-13,17,21H,2-4,9-10,14H2,1H3,(H,22,26);1H. The quantitative estimate of drug-likeness (QED) is 0.699. The molecule has 0 saturated carbocycles. The number of nitrogens with zero attached hydrogens (tertiary/aromatic N) is 3. The summed E-state index contributed by atoms with van der Waals surface area (Å²) in [6.07, 6.45) is 7.32. The number of aryl methyl sites for hydroxylation is 1. The SMILES string of the molecule is CCCn1ccc2ccc(NC(=O)c3ccn(C4CCCNC4)n3)cc21.Cl. The van der Waals surface area contributed by atoms with E-state index in [2.05, 4.69) is 39.5 Å². The molecule has 27 heavy (non-hydrogen) atoms. The molecule has 0 spiro atoms. The molecule has 1 unspecified atom stereocenters. The Morgan fingerprint density at radius 3 is 2.96 bits per heavy atom. The average Bonchev–Trinajstić information content (AvgIpc) is 3.31. The molecule has 1 fully saturated rings. The fourth-order valence-corrected chi connectivity index (χ4v) is 3.61. The second-order valence-corrected chi connectivity index (χ2v) is 6.92. The molecule has 2 aromatic heterocycles. The number of hydrogen-bond donors (Lipinski definition) is 2. The maximum absolute atomic E-state index is 12.6. The molecular weight excluding hydrogens is 362 g/mol. The van der Waals surface area contributed by atoms with Crippen molar-refractivity contribution in [3.05, 3.63) is 48.4 Å². The summed E-state index contributed by atoms with van der Waals surface area (Å²) in [4.78, 5) is 12.6. The molecule has 0 bridgehead atoms. The summed E-state index contributed by atoms with van der Waals surface area (Å²) in [6.45, 7) is 5.11. The second kappa shape index (κ2) is 8.59. The van der Waals surface area contributed by atoms with Crippen molar-refractivity contribution in [3.63, 3.8) is 0 Å². The van der Waals surface area contributed by atoms with Crippen LogP contribution in [-0.2, 0) is 6.54 Å². The Morgan fingerprint density at radius 1 is 1.30 bits per heavy atom. The number of hydrogen-bond acceptors (Lipinski definition) is 3. The van der Waals surface area contributed by atoms with Gasteiger partial charge in [0.25, 0.3) is 5.91 Å². The van der Waals surface area contributed by atoms with E-state index in [-0.39, 0.29) is 18.3 Å². The summed E-state index contributed by atoms with van der Waals surface area (Å²) in [7, 11) is 0. The third kappa shape index (κ3) is 4.17. The number of fused-ring (bicyclic) bond motifs is 1. The van der Waals surface area contributed by atoms with Crippen LogP contribution in [-0.4, -0.2) is 33.3 Å². The van der Waals surface area contributed by atoms with Gasteiger partial charge >= 0.3 is 0 Å². The van der Waals surface area contributed by atoms with Gasteiger partial charge in [0.05, 0.1) is 11.6 Å². The van der Waals surface area contributed by atoms with E-state index >= 15 is 0 Å². The molecule has 3 aromatic rings. The van der Waals surface area contributed by atoms with Crippen LogP contribution in [0.3, 0.4) is 0 Å². The number of benzene rings is 1. The minimum atomic E-state index is -0.166. The van der Waals surface area contributed by atoms with Crippen molar-refractivity contribution < 1.29 is 4.79 Å². The van der Waals surface area contributed by atoms with Gasteiger partial charge in [-0.3, -0.25) is 9.48 Å². The van der Waals surface area contributed by atoms with E-state index in [9.17, 15) is 4.79 Å². The zero-order valence-electron chi connectivity index (χ0n) is 15.5. The van der Waals surface area contributed by atoms with Crippen LogP contribution in [0.1, 0.15) is 42.7 Å². The highest BCUT2D eigenvalue weighted by Crippen LogP contribution is 2.22. The van der Waals surface area contributed by atoms with Crippen molar-refractivity contribution in [1.29, 1.82) is 0 Å². The van der Waals surface area contributed by atoms with E-state index < -0.39 is 0 Å². The first-order valence-corrected chi connectivity index (χ1v) is 9.40. The molecule has 0 aliphatic carbocycles. The van der Waals surface area contributed by atoms with E-state index in [1.807, 2.05) is 29.1 Å². The summed E-state index contributed by atoms with van der Waals surface area (Å²) in [5.74, 6) is -0.166. The van der Waals surface area contributed by atoms with Gasteiger partial charge < -0.3 is 15.2 Å². The number of carbonyl (C=O) groups excluding carboxylic acids is 1. The molecule has 4 rings (SSSR count). The zero-order chi connectivity index (χ0) is 17.9. The molecule has 1 aromatic carbocycles. The summed E-state index contributed by atoms with van der Waals surface area (Å²) in [5, 5.41) is 12.0. The molecular formula is C20H26ClN5O. The maximum atomic E-state index is 12.6. The average molecular weight is 388 g/mol. The van der Waals surface area contributed by atoms with Gasteiger partial charge in [-0.1, -0.05) is 13.0 Å². The summed E-state index contributed by atoms with van der Waals surface area (Å²) in [5.41, 5.74) is 2.40. The van der Waals surface area contributed by atoms with Gasteiger partial charge in [-0.15, -0.1) is 12.4 Å². The zero-order valence-corrected chi connectivity index (χ0v) is 16.3. The van der Waals surface area contributed by atoms with Gasteiger partial charge in [0.2, 0.25) is 0 Å². The molecule has 7 heteroatoms. The highest BCUT2D eigenvalue weighted by atomic mass is 35.5. The number of anilines is 1. The van der Waals surface area contributed by atoms with Crippen molar-refractivity contribution in [1.82, 2.24) is 19.7 Å². The Balaban J connectivity index is 0.00000210. The van der Waals surface area contributed by atoms with Crippen molar-refractivity contribution >= 4 is 34.9 Å². The molecule has 6 nitrogen and oxygen atoms in total. The molecule has 1 amide bonds. The highest BCUT2D eigenvalue weighted by molar-refractivity contribution is 6.03. The molecule has 3 heterocycles. The number of rotatable bonds is 5. The lowest BCUT2D eigenvalue weighted by Crippen LogP contribution is -2.32. The third-order valence-electron chi connectivity index (χ3n) is 4.98. The largest absolute Gasteiger partial charge is 0.347 e. The van der Waals surface area contributed by atoms with Crippen molar-refractivity contribution in [2.45, 2.75) is 38.8 Å². The Morgan fingerprint density at radius 2 is 2.19 bits per heavy atom. The van der Waals surface area contributed by atoms with Gasteiger partial charge in [0.15, 0.2) is 5.69 Å². The first-order valence-electron chi connectivity index (χ1n) is 9.40. The highest BCUT2D eigenvalue weighted by Gasteiger charge is 2.18. The molecule has 1 aliphatic heterocycles. The van der Waals surface area contributed by atoms with Crippen LogP contribution in [0.25, 0.3) is 10.9 Å². The van der Waals surface area contributed by atoms with Crippen LogP contribution in [0, 0.1) is 0 Å². The van der Waals surface area contributed by atoms with Crippen LogP contribution < -0.4 is 10.6 Å². The van der Waals surface area contributed by atoms with Crippen molar-refractivity contribution in [3.8, 4) is 0 Å². The number of aromatic nitrogens is 3. The Labute approximate surface area is 165 Å². The predicted octanol–water partition coefficient (Wildman–Crippen LogP) is 3.85.